The molecule has 3 aromatic heterocycles. The van der Waals surface area contributed by atoms with Crippen LogP contribution < -0.4 is 20.5 Å². The van der Waals surface area contributed by atoms with Gasteiger partial charge in [0.05, 0.1) is 12.0 Å². The van der Waals surface area contributed by atoms with E-state index in [1.165, 1.54) is 10.5 Å². The average molecular weight is 474 g/mol. The Hall–Kier alpha value is -4.47. The Morgan fingerprint density at radius 1 is 1.11 bits per heavy atom. The first kappa shape index (κ1) is 22.3. The van der Waals surface area contributed by atoms with Crippen molar-refractivity contribution >= 4 is 28.6 Å². The van der Waals surface area contributed by atoms with Crippen LogP contribution in [0.5, 0.6) is 11.5 Å². The molecule has 178 valence electrons. The summed E-state index contributed by atoms with van der Waals surface area (Å²) in [6, 6.07) is 11.4. The lowest BCUT2D eigenvalue weighted by Crippen LogP contribution is -2.32. The molecule has 0 saturated carbocycles. The first-order chi connectivity index (χ1) is 17.0. The van der Waals surface area contributed by atoms with Crippen LogP contribution in [-0.4, -0.2) is 39.2 Å². The molecule has 0 N–H and O–H groups in total. The van der Waals surface area contributed by atoms with E-state index in [0.717, 1.165) is 0 Å². The van der Waals surface area contributed by atoms with Crippen molar-refractivity contribution in [2.75, 3.05) is 13.4 Å². The van der Waals surface area contributed by atoms with Gasteiger partial charge in [-0.1, -0.05) is 13.0 Å². The average Bonchev–Trinajstić information content (AvgIpc) is 3.34. The van der Waals surface area contributed by atoms with Crippen molar-refractivity contribution in [2.45, 2.75) is 26.8 Å². The number of nitrogens with zero attached hydrogens (tertiary/aromatic N) is 4. The molecule has 4 aromatic rings. The molecule has 5 rings (SSSR count). The molecule has 35 heavy (non-hydrogen) atoms. The summed E-state index contributed by atoms with van der Waals surface area (Å²) >= 11 is 0. The molecule has 1 aromatic carbocycles. The van der Waals surface area contributed by atoms with Crippen molar-refractivity contribution in [3.63, 3.8) is 0 Å². The monoisotopic (exact) mass is 474 g/mol. The maximum Gasteiger partial charge on any atom is 0.341 e. The van der Waals surface area contributed by atoms with Crippen molar-refractivity contribution in [3.05, 3.63) is 75.6 Å². The number of pyridine rings is 2. The number of rotatable bonds is 5. The molecular formula is C25H22N4O6. The second-order valence-corrected chi connectivity index (χ2v) is 7.82. The summed E-state index contributed by atoms with van der Waals surface area (Å²) in [4.78, 5) is 48.4. The van der Waals surface area contributed by atoms with Gasteiger partial charge in [-0.25, -0.2) is 9.78 Å². The zero-order chi connectivity index (χ0) is 24.5. The molecule has 0 saturated heterocycles. The lowest BCUT2D eigenvalue weighted by Gasteiger charge is -2.14. The van der Waals surface area contributed by atoms with E-state index >= 15 is 0 Å². The predicted molar refractivity (Wildman–Crippen MR) is 126 cm³/mol. The molecule has 10 heteroatoms. The highest BCUT2D eigenvalue weighted by atomic mass is 16.7. The van der Waals surface area contributed by atoms with Gasteiger partial charge in [0.15, 0.2) is 17.0 Å². The second kappa shape index (κ2) is 9.05. The third-order valence-electron chi connectivity index (χ3n) is 5.56. The first-order valence-electron chi connectivity index (χ1n) is 11.2. The minimum atomic E-state index is -0.686. The number of amides is 1. The number of aryl methyl sites for hydroxylation is 1. The standard InChI is InChI=1S/C25H22N4O6/c1-3-10-29-21-16(24(31)28-11-6-5-7-20(28)26-21)13-17(25(32)33-4-2)22(29)27-23(30)15-8-9-18-19(12-15)35-14-34-18/h5-9,11-13H,3-4,10,14H2,1-2H3. The van der Waals surface area contributed by atoms with Crippen LogP contribution >= 0.6 is 0 Å². The number of fused-ring (bicyclic) bond motifs is 3. The predicted octanol–water partition coefficient (Wildman–Crippen LogP) is 2.71. The fourth-order valence-corrected chi connectivity index (χ4v) is 3.98. The zero-order valence-electron chi connectivity index (χ0n) is 19.2. The van der Waals surface area contributed by atoms with Crippen LogP contribution in [0.15, 0.2) is 58.4 Å². The number of carbonyl (C=O) groups is 2. The molecule has 4 heterocycles. The Bertz CT molecular complexity index is 1620. The summed E-state index contributed by atoms with van der Waals surface area (Å²) in [5.74, 6) is -0.292. The van der Waals surface area contributed by atoms with Crippen LogP contribution in [0.1, 0.15) is 41.0 Å². The van der Waals surface area contributed by atoms with E-state index in [9.17, 15) is 14.4 Å². The largest absolute Gasteiger partial charge is 0.462 e. The van der Waals surface area contributed by atoms with Crippen molar-refractivity contribution in [1.82, 2.24) is 14.0 Å². The Morgan fingerprint density at radius 2 is 1.94 bits per heavy atom. The number of ether oxygens (including phenoxy) is 3. The van der Waals surface area contributed by atoms with Gasteiger partial charge in [0.1, 0.15) is 16.9 Å². The number of carbonyl (C=O) groups excluding carboxylic acids is 2. The van der Waals surface area contributed by atoms with Gasteiger partial charge < -0.3 is 18.8 Å². The van der Waals surface area contributed by atoms with E-state index in [0.29, 0.717) is 35.8 Å². The highest BCUT2D eigenvalue weighted by molar-refractivity contribution is 5.97. The molecular weight excluding hydrogens is 452 g/mol. The van der Waals surface area contributed by atoms with Gasteiger partial charge in [-0.15, -0.1) is 0 Å². The van der Waals surface area contributed by atoms with Gasteiger partial charge in [0.2, 0.25) is 6.79 Å². The summed E-state index contributed by atoms with van der Waals surface area (Å²) in [6.07, 6.45) is 2.25. The van der Waals surface area contributed by atoms with Crippen LogP contribution in [-0.2, 0) is 11.3 Å². The topological polar surface area (TPSA) is 113 Å². The minimum absolute atomic E-state index is 0.0108. The fraction of sp³-hybridized carbons (Fsp3) is 0.240. The maximum absolute atomic E-state index is 13.3. The lowest BCUT2D eigenvalue weighted by atomic mass is 10.1. The van der Waals surface area contributed by atoms with E-state index in [2.05, 4.69) is 9.98 Å². The van der Waals surface area contributed by atoms with Gasteiger partial charge in [0.25, 0.3) is 11.5 Å². The molecule has 1 amide bonds. The molecule has 0 unspecified atom stereocenters. The van der Waals surface area contributed by atoms with Gasteiger partial charge in [-0.3, -0.25) is 14.0 Å². The summed E-state index contributed by atoms with van der Waals surface area (Å²) < 4.78 is 18.9. The lowest BCUT2D eigenvalue weighted by molar-refractivity contribution is 0.0523. The van der Waals surface area contributed by atoms with Crippen LogP contribution in [0.4, 0.5) is 0 Å². The van der Waals surface area contributed by atoms with Crippen LogP contribution in [0.2, 0.25) is 0 Å². The number of hydrogen-bond donors (Lipinski definition) is 0. The Morgan fingerprint density at radius 3 is 2.74 bits per heavy atom. The molecule has 0 fully saturated rings. The van der Waals surface area contributed by atoms with E-state index in [1.807, 2.05) is 6.92 Å². The summed E-state index contributed by atoms with van der Waals surface area (Å²) in [5, 5.41) is 0.222. The third kappa shape index (κ3) is 3.92. The molecule has 0 radical (unpaired) electrons. The maximum atomic E-state index is 13.3. The van der Waals surface area contributed by atoms with E-state index in [-0.39, 0.29) is 41.0 Å². The number of hydrogen-bond acceptors (Lipinski definition) is 7. The van der Waals surface area contributed by atoms with Gasteiger partial charge in [-0.2, -0.15) is 4.99 Å². The smallest absolute Gasteiger partial charge is 0.341 e. The summed E-state index contributed by atoms with van der Waals surface area (Å²) in [7, 11) is 0. The Kier molecular flexibility index (Phi) is 5.77. The van der Waals surface area contributed by atoms with Crippen molar-refractivity contribution < 1.29 is 23.8 Å². The van der Waals surface area contributed by atoms with Crippen molar-refractivity contribution in [1.29, 1.82) is 0 Å². The third-order valence-corrected chi connectivity index (χ3v) is 5.56. The fourth-order valence-electron chi connectivity index (χ4n) is 3.98. The first-order valence-corrected chi connectivity index (χ1v) is 11.2. The SMILES string of the molecule is CCCn1c(=NC(=O)c2ccc3c(c2)OCO3)c(C(=O)OCC)cc2c(=O)n3ccccc3nc21. The molecule has 0 aliphatic carbocycles. The van der Waals surface area contributed by atoms with E-state index < -0.39 is 11.9 Å². The quantitative estimate of drug-likeness (QED) is 0.323. The number of esters is 1. The molecule has 0 atom stereocenters. The minimum Gasteiger partial charge on any atom is -0.462 e. The second-order valence-electron chi connectivity index (χ2n) is 7.82. The van der Waals surface area contributed by atoms with Crippen LogP contribution in [0, 0.1) is 0 Å². The summed E-state index contributed by atoms with van der Waals surface area (Å²) in [6.45, 7) is 4.18. The molecule has 0 bridgehead atoms. The molecule has 10 nitrogen and oxygen atoms in total. The molecule has 1 aliphatic rings. The number of aromatic nitrogens is 3. The van der Waals surface area contributed by atoms with Gasteiger partial charge >= 0.3 is 5.97 Å². The van der Waals surface area contributed by atoms with Crippen molar-refractivity contribution in [2.24, 2.45) is 4.99 Å². The van der Waals surface area contributed by atoms with Gasteiger partial charge in [-0.05, 0) is 49.7 Å². The van der Waals surface area contributed by atoms with Gasteiger partial charge in [0, 0.05) is 18.3 Å². The highest BCUT2D eigenvalue weighted by Crippen LogP contribution is 2.32. The van der Waals surface area contributed by atoms with Crippen molar-refractivity contribution in [3.8, 4) is 11.5 Å². The van der Waals surface area contributed by atoms with Crippen LogP contribution in [0.25, 0.3) is 16.7 Å². The van der Waals surface area contributed by atoms with E-state index in [4.69, 9.17) is 14.2 Å². The highest BCUT2D eigenvalue weighted by Gasteiger charge is 2.21. The Labute approximate surface area is 199 Å². The van der Waals surface area contributed by atoms with E-state index in [1.54, 1.807) is 54.1 Å². The molecule has 1 aliphatic heterocycles. The normalized spacial score (nSPS) is 12.9. The number of benzene rings is 1. The summed E-state index contributed by atoms with van der Waals surface area (Å²) in [5.41, 5.74) is 0.776. The Balaban J connectivity index is 1.81. The molecule has 0 spiro atoms. The van der Waals surface area contributed by atoms with Crippen LogP contribution in [0.3, 0.4) is 0 Å². The zero-order valence-corrected chi connectivity index (χ0v) is 19.2.